The normalized spacial score (nSPS) is 15.8. The molecular weight excluding hydrogens is 366 g/mol. The zero-order valence-electron chi connectivity index (χ0n) is 15.9. The number of anilines is 1. The van der Waals surface area contributed by atoms with Gasteiger partial charge in [0.05, 0.1) is 11.1 Å². The van der Waals surface area contributed by atoms with Gasteiger partial charge in [0.25, 0.3) is 0 Å². The Morgan fingerprint density at radius 3 is 2.72 bits per heavy atom. The highest BCUT2D eigenvalue weighted by atomic mass is 16.7. The standard InChI is InChI=1S/C23H21N3O3.3H2/c24-13-15-3-1-4-16(11-15)18-5-2-6-21(25-18)26-22(27)23(9-10-23)17-7-8-19-20(12-17)29-14-28-19;;;/h1-8,11-12H,9-10,13-14,24H2,(H,25,26,27);3*1H. The number of amides is 1. The molecule has 6 heteroatoms. The Morgan fingerprint density at radius 1 is 1.07 bits per heavy atom. The molecule has 1 aliphatic heterocycles. The van der Waals surface area contributed by atoms with E-state index >= 15 is 0 Å². The Labute approximate surface area is 173 Å². The van der Waals surface area contributed by atoms with Crippen molar-refractivity contribution in [1.82, 2.24) is 4.98 Å². The molecule has 0 spiro atoms. The van der Waals surface area contributed by atoms with Gasteiger partial charge in [0.2, 0.25) is 12.7 Å². The highest BCUT2D eigenvalue weighted by Gasteiger charge is 2.51. The van der Waals surface area contributed by atoms with E-state index in [9.17, 15) is 4.79 Å². The maximum Gasteiger partial charge on any atom is 0.236 e. The molecule has 0 unspecified atom stereocenters. The lowest BCUT2D eigenvalue weighted by molar-refractivity contribution is -0.118. The van der Waals surface area contributed by atoms with E-state index in [2.05, 4.69) is 10.3 Å². The summed E-state index contributed by atoms with van der Waals surface area (Å²) >= 11 is 0. The summed E-state index contributed by atoms with van der Waals surface area (Å²) in [5.74, 6) is 1.91. The van der Waals surface area contributed by atoms with Gasteiger partial charge in [-0.05, 0) is 54.3 Å². The molecule has 0 saturated heterocycles. The Bertz CT molecular complexity index is 1110. The highest BCUT2D eigenvalue weighted by molar-refractivity contribution is 6.01. The average Bonchev–Trinajstić information content (AvgIpc) is 3.45. The van der Waals surface area contributed by atoms with Gasteiger partial charge in [-0.25, -0.2) is 4.98 Å². The van der Waals surface area contributed by atoms with Crippen molar-refractivity contribution >= 4 is 11.7 Å². The lowest BCUT2D eigenvalue weighted by atomic mass is 9.94. The molecule has 0 atom stereocenters. The van der Waals surface area contributed by atoms with Gasteiger partial charge >= 0.3 is 0 Å². The molecule has 1 saturated carbocycles. The molecule has 29 heavy (non-hydrogen) atoms. The third kappa shape index (κ3) is 3.21. The molecule has 152 valence electrons. The molecule has 3 aromatic rings. The molecule has 0 bridgehead atoms. The number of ether oxygens (including phenoxy) is 2. The second-order valence-corrected chi connectivity index (χ2v) is 7.42. The Hall–Kier alpha value is -3.38. The zero-order valence-corrected chi connectivity index (χ0v) is 15.9. The van der Waals surface area contributed by atoms with Crippen molar-refractivity contribution in [3.8, 4) is 22.8 Å². The second-order valence-electron chi connectivity index (χ2n) is 7.42. The van der Waals surface area contributed by atoms with Crippen LogP contribution in [0.5, 0.6) is 11.5 Å². The molecule has 5 rings (SSSR count). The van der Waals surface area contributed by atoms with Crippen LogP contribution in [0.1, 0.15) is 28.2 Å². The minimum atomic E-state index is -0.530. The number of fused-ring (bicyclic) bond motifs is 1. The molecule has 1 amide bonds. The van der Waals surface area contributed by atoms with E-state index in [1.807, 2.05) is 60.7 Å². The minimum Gasteiger partial charge on any atom is -0.454 e. The second kappa shape index (κ2) is 6.90. The summed E-state index contributed by atoms with van der Waals surface area (Å²) in [6.07, 6.45) is 1.60. The van der Waals surface area contributed by atoms with Gasteiger partial charge in [-0.3, -0.25) is 4.79 Å². The minimum absolute atomic E-state index is 0. The summed E-state index contributed by atoms with van der Waals surface area (Å²) < 4.78 is 10.8. The van der Waals surface area contributed by atoms with Crippen molar-refractivity contribution < 1.29 is 18.5 Å². The summed E-state index contributed by atoms with van der Waals surface area (Å²) in [7, 11) is 0. The number of nitrogens with zero attached hydrogens (tertiary/aromatic N) is 1. The van der Waals surface area contributed by atoms with Gasteiger partial charge in [0.1, 0.15) is 5.82 Å². The maximum atomic E-state index is 13.1. The SMILES string of the molecule is NCc1cccc(-c2cccc(NC(=O)C3(c4ccc5c(c4)OCO5)CC3)n2)c1.[HH].[HH].[HH]. The van der Waals surface area contributed by atoms with Crippen LogP contribution in [0.25, 0.3) is 11.3 Å². The van der Waals surface area contributed by atoms with E-state index in [4.69, 9.17) is 15.2 Å². The van der Waals surface area contributed by atoms with Gasteiger partial charge in [0, 0.05) is 16.4 Å². The molecular formula is C23H27N3O3. The van der Waals surface area contributed by atoms with Crippen LogP contribution in [0.2, 0.25) is 0 Å². The van der Waals surface area contributed by atoms with Crippen LogP contribution in [0.3, 0.4) is 0 Å². The predicted molar refractivity (Wildman–Crippen MR) is 116 cm³/mol. The van der Waals surface area contributed by atoms with Gasteiger partial charge in [0.15, 0.2) is 11.5 Å². The Balaban J connectivity index is 0.00000121. The number of pyridine rings is 1. The number of carbonyl (C=O) groups excluding carboxylic acids is 1. The number of rotatable bonds is 5. The molecule has 2 heterocycles. The van der Waals surface area contributed by atoms with Crippen LogP contribution < -0.4 is 20.5 Å². The average molecular weight is 393 g/mol. The first-order valence-electron chi connectivity index (χ1n) is 9.66. The monoisotopic (exact) mass is 393 g/mol. The molecule has 1 aliphatic carbocycles. The first-order chi connectivity index (χ1) is 14.2. The number of hydrogen-bond acceptors (Lipinski definition) is 5. The molecule has 6 nitrogen and oxygen atoms in total. The Kier molecular flexibility index (Phi) is 4.21. The van der Waals surface area contributed by atoms with Crippen LogP contribution >= 0.6 is 0 Å². The van der Waals surface area contributed by atoms with Crippen LogP contribution in [0.15, 0.2) is 60.7 Å². The van der Waals surface area contributed by atoms with E-state index in [-0.39, 0.29) is 17.0 Å². The fourth-order valence-electron chi connectivity index (χ4n) is 3.72. The van der Waals surface area contributed by atoms with Crippen LogP contribution in [-0.4, -0.2) is 17.7 Å². The first kappa shape index (κ1) is 17.7. The number of benzene rings is 2. The van der Waals surface area contributed by atoms with Crippen LogP contribution in [0.4, 0.5) is 5.82 Å². The fraction of sp³-hybridized carbons (Fsp3) is 0.217. The van der Waals surface area contributed by atoms with Crippen LogP contribution in [-0.2, 0) is 16.8 Å². The van der Waals surface area contributed by atoms with Gasteiger partial charge in [-0.2, -0.15) is 0 Å². The van der Waals surface area contributed by atoms with Crippen molar-refractivity contribution in [3.63, 3.8) is 0 Å². The Morgan fingerprint density at radius 2 is 1.90 bits per heavy atom. The summed E-state index contributed by atoms with van der Waals surface area (Å²) in [6, 6.07) is 19.3. The predicted octanol–water partition coefficient (Wildman–Crippen LogP) is 4.34. The lowest BCUT2D eigenvalue weighted by Crippen LogP contribution is -2.28. The zero-order chi connectivity index (χ0) is 19.8. The smallest absolute Gasteiger partial charge is 0.236 e. The molecule has 3 N–H and O–H groups in total. The van der Waals surface area contributed by atoms with E-state index in [0.717, 1.165) is 41.0 Å². The third-order valence-electron chi connectivity index (χ3n) is 5.56. The van der Waals surface area contributed by atoms with Crippen LogP contribution in [0, 0.1) is 0 Å². The molecule has 0 radical (unpaired) electrons. The van der Waals surface area contributed by atoms with Crippen molar-refractivity contribution in [2.24, 2.45) is 5.73 Å². The number of carbonyl (C=O) groups is 1. The van der Waals surface area contributed by atoms with Gasteiger partial charge in [-0.1, -0.05) is 30.3 Å². The quantitative estimate of drug-likeness (QED) is 0.673. The van der Waals surface area contributed by atoms with E-state index in [1.165, 1.54) is 0 Å². The maximum absolute atomic E-state index is 13.1. The summed E-state index contributed by atoms with van der Waals surface area (Å²) in [5.41, 5.74) is 8.97. The van der Waals surface area contributed by atoms with Crippen molar-refractivity contribution in [2.75, 3.05) is 12.1 Å². The number of nitrogens with two attached hydrogens (primary N) is 1. The number of aromatic nitrogens is 1. The van der Waals surface area contributed by atoms with E-state index in [1.54, 1.807) is 0 Å². The third-order valence-corrected chi connectivity index (χ3v) is 5.56. The summed E-state index contributed by atoms with van der Waals surface area (Å²) in [4.78, 5) is 17.7. The summed E-state index contributed by atoms with van der Waals surface area (Å²) in [6.45, 7) is 0.697. The van der Waals surface area contributed by atoms with Crippen molar-refractivity contribution in [1.29, 1.82) is 0 Å². The molecule has 2 aromatic carbocycles. The largest absolute Gasteiger partial charge is 0.454 e. The molecule has 1 fully saturated rings. The van der Waals surface area contributed by atoms with Gasteiger partial charge < -0.3 is 20.5 Å². The lowest BCUT2D eigenvalue weighted by Gasteiger charge is -2.16. The molecule has 1 aromatic heterocycles. The molecule has 2 aliphatic rings. The topological polar surface area (TPSA) is 86.5 Å². The van der Waals surface area contributed by atoms with Crippen molar-refractivity contribution in [2.45, 2.75) is 24.8 Å². The van der Waals surface area contributed by atoms with Crippen molar-refractivity contribution in [3.05, 3.63) is 71.8 Å². The van der Waals surface area contributed by atoms with E-state index in [0.29, 0.717) is 18.1 Å². The first-order valence-corrected chi connectivity index (χ1v) is 9.66. The number of nitrogens with one attached hydrogen (secondary N) is 1. The summed E-state index contributed by atoms with van der Waals surface area (Å²) in [5, 5.41) is 3.00. The highest BCUT2D eigenvalue weighted by Crippen LogP contribution is 2.51. The fourth-order valence-corrected chi connectivity index (χ4v) is 3.72. The van der Waals surface area contributed by atoms with Gasteiger partial charge in [-0.15, -0.1) is 0 Å². The van der Waals surface area contributed by atoms with E-state index < -0.39 is 5.41 Å². The number of hydrogen-bond donors (Lipinski definition) is 2.